The van der Waals surface area contributed by atoms with Gasteiger partial charge in [0, 0.05) is 32.4 Å². The van der Waals surface area contributed by atoms with Crippen molar-refractivity contribution in [1.29, 1.82) is 0 Å². The van der Waals surface area contributed by atoms with Gasteiger partial charge < -0.3 is 19.3 Å². The molecule has 0 aromatic heterocycles. The Morgan fingerprint density at radius 1 is 0.591 bits per heavy atom. The molecule has 0 saturated carbocycles. The van der Waals surface area contributed by atoms with E-state index >= 15 is 0 Å². The quantitative estimate of drug-likeness (QED) is 0.0406. The second kappa shape index (κ2) is 32.9. The van der Waals surface area contributed by atoms with Gasteiger partial charge in [-0.15, -0.1) is 0 Å². The molecule has 0 aromatic carbocycles. The SMILES string of the molecule is CCCCCCC(CCCCCC)CCCOC(=O)CCCCCCCN(CCCCCCCC=O)C(=O)CCCN(C)C. The molecule has 0 N–H and O–H groups in total. The van der Waals surface area contributed by atoms with Crippen molar-refractivity contribution < 1.29 is 19.1 Å². The molecule has 44 heavy (non-hydrogen) atoms. The summed E-state index contributed by atoms with van der Waals surface area (Å²) >= 11 is 0. The highest BCUT2D eigenvalue weighted by atomic mass is 16.5. The molecule has 1 amide bonds. The van der Waals surface area contributed by atoms with Gasteiger partial charge in [0.1, 0.15) is 6.29 Å². The third-order valence-corrected chi connectivity index (χ3v) is 8.86. The van der Waals surface area contributed by atoms with Crippen LogP contribution >= 0.6 is 0 Å². The van der Waals surface area contributed by atoms with Crippen LogP contribution in [-0.2, 0) is 19.1 Å². The topological polar surface area (TPSA) is 66.9 Å². The van der Waals surface area contributed by atoms with E-state index in [2.05, 4.69) is 37.7 Å². The highest BCUT2D eigenvalue weighted by molar-refractivity contribution is 5.76. The standard InChI is InChI=1S/C38H74N2O4/c1-5-7-9-18-26-36(27-19-10-8-6-2)28-25-35-44-38(43)30-20-14-13-16-22-33-40(37(42)29-24-31-39(3)4)32-21-15-11-12-17-23-34-41/h34,36H,5-33,35H2,1-4H3. The van der Waals surface area contributed by atoms with Crippen LogP contribution in [0.2, 0.25) is 0 Å². The molecule has 0 aromatic rings. The average molecular weight is 623 g/mol. The second-order valence-corrected chi connectivity index (χ2v) is 13.5. The zero-order valence-corrected chi connectivity index (χ0v) is 29.9. The third kappa shape index (κ3) is 29.3. The number of hydrogen-bond acceptors (Lipinski definition) is 5. The fourth-order valence-electron chi connectivity index (χ4n) is 6.01. The summed E-state index contributed by atoms with van der Waals surface area (Å²) in [5.41, 5.74) is 0. The summed E-state index contributed by atoms with van der Waals surface area (Å²) in [6.07, 6.45) is 29.8. The van der Waals surface area contributed by atoms with Crippen molar-refractivity contribution in [3.05, 3.63) is 0 Å². The van der Waals surface area contributed by atoms with Gasteiger partial charge in [0.2, 0.25) is 5.91 Å². The first-order chi connectivity index (χ1) is 21.4. The van der Waals surface area contributed by atoms with Gasteiger partial charge in [-0.2, -0.15) is 0 Å². The van der Waals surface area contributed by atoms with E-state index in [9.17, 15) is 14.4 Å². The number of carbonyl (C=O) groups excluding carboxylic acids is 3. The van der Waals surface area contributed by atoms with Crippen molar-refractivity contribution in [3.8, 4) is 0 Å². The zero-order chi connectivity index (χ0) is 32.5. The Labute approximate surface area is 273 Å². The maximum absolute atomic E-state index is 12.9. The van der Waals surface area contributed by atoms with E-state index in [4.69, 9.17) is 4.74 Å². The smallest absolute Gasteiger partial charge is 0.305 e. The van der Waals surface area contributed by atoms with Gasteiger partial charge in [0.25, 0.3) is 0 Å². The van der Waals surface area contributed by atoms with E-state index in [1.54, 1.807) is 0 Å². The fraction of sp³-hybridized carbons (Fsp3) is 0.921. The van der Waals surface area contributed by atoms with Gasteiger partial charge in [-0.1, -0.05) is 117 Å². The number of nitrogens with zero attached hydrogens (tertiary/aromatic N) is 2. The lowest BCUT2D eigenvalue weighted by molar-refractivity contribution is -0.144. The lowest BCUT2D eigenvalue weighted by atomic mass is 9.91. The summed E-state index contributed by atoms with van der Waals surface area (Å²) in [6, 6.07) is 0. The molecule has 6 heteroatoms. The van der Waals surface area contributed by atoms with Crippen LogP contribution in [0.25, 0.3) is 0 Å². The van der Waals surface area contributed by atoms with Crippen LogP contribution in [-0.4, -0.2) is 68.3 Å². The fourth-order valence-corrected chi connectivity index (χ4v) is 6.01. The van der Waals surface area contributed by atoms with Crippen molar-refractivity contribution in [2.75, 3.05) is 40.3 Å². The van der Waals surface area contributed by atoms with Gasteiger partial charge in [-0.3, -0.25) is 9.59 Å². The van der Waals surface area contributed by atoms with Crippen molar-refractivity contribution in [2.45, 2.75) is 181 Å². The largest absolute Gasteiger partial charge is 0.466 e. The Kier molecular flexibility index (Phi) is 31.9. The predicted octanol–water partition coefficient (Wildman–Crippen LogP) is 9.92. The Bertz CT molecular complexity index is 643. The summed E-state index contributed by atoms with van der Waals surface area (Å²) in [4.78, 5) is 39.8. The first-order valence-electron chi connectivity index (χ1n) is 19.0. The zero-order valence-electron chi connectivity index (χ0n) is 29.9. The molecule has 0 aliphatic heterocycles. The van der Waals surface area contributed by atoms with Crippen LogP contribution in [0, 0.1) is 5.92 Å². The molecular weight excluding hydrogens is 548 g/mol. The average Bonchev–Trinajstić information content (AvgIpc) is 3.00. The predicted molar refractivity (Wildman–Crippen MR) is 187 cm³/mol. The summed E-state index contributed by atoms with van der Waals surface area (Å²) in [5.74, 6) is 1.05. The molecule has 0 saturated heterocycles. The number of unbranched alkanes of at least 4 members (excludes halogenated alkanes) is 15. The molecule has 0 unspecified atom stereocenters. The second-order valence-electron chi connectivity index (χ2n) is 13.5. The molecule has 0 bridgehead atoms. The van der Waals surface area contributed by atoms with Gasteiger partial charge in [-0.25, -0.2) is 0 Å². The first kappa shape index (κ1) is 42.6. The number of hydrogen-bond donors (Lipinski definition) is 0. The summed E-state index contributed by atoms with van der Waals surface area (Å²) in [7, 11) is 4.10. The summed E-state index contributed by atoms with van der Waals surface area (Å²) in [5, 5.41) is 0. The van der Waals surface area contributed by atoms with Crippen molar-refractivity contribution in [1.82, 2.24) is 9.80 Å². The van der Waals surface area contributed by atoms with Crippen LogP contribution in [0.15, 0.2) is 0 Å². The Hall–Kier alpha value is -1.43. The van der Waals surface area contributed by atoms with E-state index < -0.39 is 0 Å². The molecule has 0 radical (unpaired) electrons. The molecule has 0 heterocycles. The van der Waals surface area contributed by atoms with Gasteiger partial charge in [-0.05, 0) is 71.5 Å². The number of ether oxygens (including phenoxy) is 1. The van der Waals surface area contributed by atoms with Crippen LogP contribution in [0.1, 0.15) is 181 Å². The van der Waals surface area contributed by atoms with E-state index in [1.165, 1.54) is 70.6 Å². The summed E-state index contributed by atoms with van der Waals surface area (Å²) < 4.78 is 5.58. The van der Waals surface area contributed by atoms with Gasteiger partial charge in [0.05, 0.1) is 6.61 Å². The Morgan fingerprint density at radius 3 is 1.68 bits per heavy atom. The van der Waals surface area contributed by atoms with Crippen LogP contribution in [0.3, 0.4) is 0 Å². The van der Waals surface area contributed by atoms with Crippen LogP contribution in [0.5, 0.6) is 0 Å². The van der Waals surface area contributed by atoms with E-state index in [1.807, 2.05) is 0 Å². The molecule has 260 valence electrons. The molecule has 0 aliphatic rings. The van der Waals surface area contributed by atoms with Crippen molar-refractivity contribution in [3.63, 3.8) is 0 Å². The normalized spacial score (nSPS) is 11.4. The van der Waals surface area contributed by atoms with Crippen LogP contribution in [0.4, 0.5) is 0 Å². The Balaban J connectivity index is 4.13. The lowest BCUT2D eigenvalue weighted by Gasteiger charge is -2.23. The molecule has 0 rings (SSSR count). The number of carbonyl (C=O) groups is 3. The highest BCUT2D eigenvalue weighted by Gasteiger charge is 2.13. The molecule has 0 spiro atoms. The number of rotatable bonds is 34. The van der Waals surface area contributed by atoms with E-state index in [0.29, 0.717) is 25.9 Å². The summed E-state index contributed by atoms with van der Waals surface area (Å²) in [6.45, 7) is 7.75. The van der Waals surface area contributed by atoms with Gasteiger partial charge in [0.15, 0.2) is 0 Å². The maximum atomic E-state index is 12.9. The van der Waals surface area contributed by atoms with Crippen LogP contribution < -0.4 is 0 Å². The number of aldehydes is 1. The van der Waals surface area contributed by atoms with E-state index in [-0.39, 0.29) is 11.9 Å². The molecule has 6 nitrogen and oxygen atoms in total. The first-order valence-corrected chi connectivity index (χ1v) is 19.0. The highest BCUT2D eigenvalue weighted by Crippen LogP contribution is 2.23. The molecule has 0 fully saturated rings. The third-order valence-electron chi connectivity index (χ3n) is 8.86. The minimum absolute atomic E-state index is 0.0342. The maximum Gasteiger partial charge on any atom is 0.305 e. The number of esters is 1. The molecular formula is C38H74N2O4. The lowest BCUT2D eigenvalue weighted by Crippen LogP contribution is -2.33. The minimum Gasteiger partial charge on any atom is -0.466 e. The van der Waals surface area contributed by atoms with Crippen molar-refractivity contribution >= 4 is 18.2 Å². The number of amides is 1. The molecule has 0 atom stereocenters. The monoisotopic (exact) mass is 623 g/mol. The van der Waals surface area contributed by atoms with Crippen molar-refractivity contribution in [2.24, 2.45) is 5.92 Å². The minimum atomic E-state index is -0.0342. The Morgan fingerprint density at radius 2 is 1.11 bits per heavy atom. The van der Waals surface area contributed by atoms with E-state index in [0.717, 1.165) is 109 Å². The molecule has 0 aliphatic carbocycles. The van der Waals surface area contributed by atoms with Gasteiger partial charge >= 0.3 is 5.97 Å².